The predicted molar refractivity (Wildman–Crippen MR) is 292 cm³/mol. The second-order valence-electron chi connectivity index (χ2n) is 19.1. The van der Waals surface area contributed by atoms with Crippen LogP contribution in [-0.4, -0.2) is 119 Å². The molecule has 6 rings (SSSR count). The lowest BCUT2D eigenvalue weighted by molar-refractivity contribution is 0.0695. The maximum Gasteiger partial charge on any atom is 0.335 e. The molecule has 0 radical (unpaired) electrons. The van der Waals surface area contributed by atoms with Gasteiger partial charge in [-0.3, -0.25) is 19.1 Å². The molecule has 0 aliphatic carbocycles. The standard InChI is InChI=1S/C29H36F2N4O3.C15H21NO3.C14H17F2N3O.FH.H2/c1-4-10-35(11-5-2)29(38)22-13-19(3)12-21(17-22)28(37)34-25(16-20-14-23(30)18-24(31)15-20)26(36)6-7-27-32-8-9-33-27;1-4-6-16(7-5-2)14(17)12-8-11(3)9-13(10-12)15(18)19;15-10-5-9(6-11(16)8-10)7-12(17)13(20)1-2-14-18-3-4-19-14;;/h8-9,12-15,17-18,25-26,36H,4-7,10-11,16H2,1-3H3,(H,32,33)(H,34,37);8-10H,4-7H2,1-3H3,(H,18,19);3-6,8,12-13,20H,1-2,7,17H2,(H,18,19);2*1H. The van der Waals surface area contributed by atoms with Crippen LogP contribution in [0.2, 0.25) is 0 Å². The fourth-order valence-corrected chi connectivity index (χ4v) is 8.65. The lowest BCUT2D eigenvalue weighted by atomic mass is 9.97. The third-order valence-electron chi connectivity index (χ3n) is 12.2. The van der Waals surface area contributed by atoms with E-state index in [0.29, 0.717) is 73.5 Å². The first-order chi connectivity index (χ1) is 36.7. The second kappa shape index (κ2) is 33.1. The molecular formula is C58H77F5N8O7. The van der Waals surface area contributed by atoms with E-state index in [1.807, 2.05) is 34.6 Å². The highest BCUT2D eigenvalue weighted by Crippen LogP contribution is 2.19. The molecule has 0 bridgehead atoms. The van der Waals surface area contributed by atoms with Crippen LogP contribution >= 0.6 is 0 Å². The van der Waals surface area contributed by atoms with Gasteiger partial charge in [-0.2, -0.15) is 0 Å². The highest BCUT2D eigenvalue weighted by Gasteiger charge is 2.25. The quantitative estimate of drug-likeness (QED) is 0.0269. The number of aromatic nitrogens is 4. The van der Waals surface area contributed by atoms with Crippen LogP contribution in [0.25, 0.3) is 0 Å². The van der Waals surface area contributed by atoms with Gasteiger partial charge in [-0.15, -0.1) is 0 Å². The molecule has 2 aromatic heterocycles. The molecule has 4 atom stereocenters. The summed E-state index contributed by atoms with van der Waals surface area (Å²) in [6.45, 7) is 14.3. The van der Waals surface area contributed by atoms with Gasteiger partial charge in [-0.05, 0) is 148 Å². The number of rotatable bonds is 25. The fourth-order valence-electron chi connectivity index (χ4n) is 8.65. The number of aromatic amines is 2. The number of hydrogen-bond acceptors (Lipinski definition) is 9. The van der Waals surface area contributed by atoms with E-state index in [1.54, 1.807) is 71.8 Å². The van der Waals surface area contributed by atoms with Gasteiger partial charge in [0.1, 0.15) is 34.9 Å². The number of benzene rings is 4. The summed E-state index contributed by atoms with van der Waals surface area (Å²) in [6, 6.07) is 14.7. The molecule has 2 heterocycles. The Kier molecular flexibility index (Phi) is 27.6. The molecule has 0 saturated heterocycles. The minimum atomic E-state index is -1.02. The minimum absolute atomic E-state index is 0. The third kappa shape index (κ3) is 21.6. The lowest BCUT2D eigenvalue weighted by Gasteiger charge is -2.25. The van der Waals surface area contributed by atoms with Gasteiger partial charge in [0.25, 0.3) is 17.7 Å². The molecule has 426 valence electrons. The Labute approximate surface area is 454 Å². The molecule has 0 aliphatic heterocycles. The first-order valence-electron chi connectivity index (χ1n) is 26.1. The Bertz CT molecular complexity index is 2760. The summed E-state index contributed by atoms with van der Waals surface area (Å²) in [4.78, 5) is 67.6. The summed E-state index contributed by atoms with van der Waals surface area (Å²) in [5.41, 5.74) is 9.45. The van der Waals surface area contributed by atoms with E-state index in [9.17, 15) is 47.0 Å². The summed E-state index contributed by atoms with van der Waals surface area (Å²) in [6.07, 6.45) is 10.2. The third-order valence-corrected chi connectivity index (χ3v) is 12.2. The topological polar surface area (TPSA) is 231 Å². The van der Waals surface area contributed by atoms with Crippen molar-refractivity contribution in [3.05, 3.63) is 177 Å². The number of aromatic carboxylic acids is 1. The van der Waals surface area contributed by atoms with Crippen LogP contribution in [0.1, 0.15) is 143 Å². The van der Waals surface area contributed by atoms with Gasteiger partial charge in [-0.25, -0.2) is 32.3 Å². The average molecular weight is 1090 g/mol. The number of imidazole rings is 2. The zero-order chi connectivity index (χ0) is 56.6. The molecule has 4 unspecified atom stereocenters. The zero-order valence-corrected chi connectivity index (χ0v) is 45.2. The van der Waals surface area contributed by atoms with Crippen molar-refractivity contribution in [1.82, 2.24) is 35.1 Å². The number of halogens is 5. The highest BCUT2D eigenvalue weighted by atomic mass is 19.1. The molecule has 0 fully saturated rings. The number of aliphatic hydroxyl groups is 2. The van der Waals surface area contributed by atoms with E-state index in [1.165, 1.54) is 30.3 Å². The van der Waals surface area contributed by atoms with Crippen molar-refractivity contribution in [2.75, 3.05) is 26.2 Å². The summed E-state index contributed by atoms with van der Waals surface area (Å²) in [7, 11) is 0. The predicted octanol–water partition coefficient (Wildman–Crippen LogP) is 9.50. The maximum atomic E-state index is 13.8. The molecule has 0 aliphatic rings. The smallest absolute Gasteiger partial charge is 0.335 e. The fraction of sp³-hybridized carbons (Fsp3) is 0.414. The normalized spacial score (nSPS) is 12.3. The average Bonchev–Trinajstić information content (AvgIpc) is 4.11. The Hall–Kier alpha value is -7.29. The van der Waals surface area contributed by atoms with Gasteiger partial charge in [0.05, 0.1) is 23.8 Å². The van der Waals surface area contributed by atoms with E-state index in [4.69, 9.17) is 10.8 Å². The monoisotopic (exact) mass is 1090 g/mol. The second-order valence-corrected chi connectivity index (χ2v) is 19.1. The van der Waals surface area contributed by atoms with E-state index in [0.717, 1.165) is 54.8 Å². The highest BCUT2D eigenvalue weighted by molar-refractivity contribution is 6.00. The van der Waals surface area contributed by atoms with Gasteiger partial charge in [-0.1, -0.05) is 27.7 Å². The lowest BCUT2D eigenvalue weighted by Crippen LogP contribution is -2.45. The van der Waals surface area contributed by atoms with Crippen molar-refractivity contribution >= 4 is 23.7 Å². The van der Waals surface area contributed by atoms with Crippen LogP contribution in [0.5, 0.6) is 0 Å². The first-order valence-corrected chi connectivity index (χ1v) is 26.1. The number of amides is 3. The number of hydrogen-bond donors (Lipinski definition) is 7. The Balaban J connectivity index is 0.000000440. The number of nitrogens with two attached hydrogens (primary N) is 1. The summed E-state index contributed by atoms with van der Waals surface area (Å²) < 4.78 is 53.8. The molecule has 3 amide bonds. The number of H-pyrrole nitrogens is 2. The molecule has 0 saturated carbocycles. The minimum Gasteiger partial charge on any atom is -0.478 e. The summed E-state index contributed by atoms with van der Waals surface area (Å²) in [5.74, 6) is -3.03. The van der Waals surface area contributed by atoms with Crippen molar-refractivity contribution in [1.29, 1.82) is 0 Å². The first kappa shape index (κ1) is 65.0. The van der Waals surface area contributed by atoms with Crippen LogP contribution < -0.4 is 11.1 Å². The number of nitrogens with one attached hydrogen (secondary N) is 3. The number of carbonyl (C=O) groups excluding carboxylic acids is 3. The molecule has 6 aromatic rings. The molecule has 4 aromatic carbocycles. The van der Waals surface area contributed by atoms with E-state index in [-0.39, 0.29) is 48.3 Å². The zero-order valence-electron chi connectivity index (χ0n) is 45.2. The number of carbonyl (C=O) groups is 4. The van der Waals surface area contributed by atoms with Gasteiger partial charge in [0.15, 0.2) is 0 Å². The number of nitrogens with zero attached hydrogens (tertiary/aromatic N) is 4. The SMILES string of the molecule is CCCN(CCC)C(=O)c1cc(C)cc(C(=O)NC(Cc2cc(F)cc(F)c2)C(O)CCc2ncc[nH]2)c1.CCCN(CCC)C(=O)c1cc(C)cc(C(=O)O)c1.F.NC(Cc1cc(F)cc(F)c1)C(O)CCc1ncc[nH]1.[HH]. The molecule has 78 heavy (non-hydrogen) atoms. The number of carboxylic acids is 1. The molecule has 0 spiro atoms. The van der Waals surface area contributed by atoms with Gasteiger partial charge in [0.2, 0.25) is 0 Å². The van der Waals surface area contributed by atoms with E-state index < -0.39 is 59.4 Å². The molecule has 8 N–H and O–H groups in total. The number of aryl methyl sites for hydroxylation is 4. The Morgan fingerprint density at radius 3 is 1.37 bits per heavy atom. The van der Waals surface area contributed by atoms with E-state index in [2.05, 4.69) is 25.3 Å². The largest absolute Gasteiger partial charge is 0.478 e. The van der Waals surface area contributed by atoms with Crippen molar-refractivity contribution in [3.63, 3.8) is 0 Å². The number of aliphatic hydroxyl groups excluding tert-OH is 2. The van der Waals surface area contributed by atoms with Crippen molar-refractivity contribution < 1.29 is 58.2 Å². The molecule has 20 heteroatoms. The van der Waals surface area contributed by atoms with Crippen molar-refractivity contribution in [2.45, 2.75) is 130 Å². The molecular weight excluding hydrogens is 1020 g/mol. The number of carboxylic acid groups (broad SMARTS) is 1. The van der Waals surface area contributed by atoms with Gasteiger partial charge >= 0.3 is 5.97 Å². The van der Waals surface area contributed by atoms with Gasteiger partial charge in [0, 0.05) is 100 Å². The Morgan fingerprint density at radius 2 is 0.974 bits per heavy atom. The van der Waals surface area contributed by atoms with Crippen LogP contribution in [0.4, 0.5) is 22.3 Å². The van der Waals surface area contributed by atoms with Gasteiger partial charge < -0.3 is 46.1 Å². The van der Waals surface area contributed by atoms with Crippen LogP contribution in [0.15, 0.2) is 97.6 Å². The van der Waals surface area contributed by atoms with Crippen molar-refractivity contribution in [2.24, 2.45) is 5.73 Å². The van der Waals surface area contributed by atoms with Crippen LogP contribution in [-0.2, 0) is 25.7 Å². The summed E-state index contributed by atoms with van der Waals surface area (Å²) >= 11 is 0. The van der Waals surface area contributed by atoms with Crippen LogP contribution in [0.3, 0.4) is 0 Å². The maximum absolute atomic E-state index is 13.8. The molecule has 15 nitrogen and oxygen atoms in total. The van der Waals surface area contributed by atoms with Crippen LogP contribution in [0, 0.1) is 37.1 Å². The summed E-state index contributed by atoms with van der Waals surface area (Å²) in [5, 5.41) is 32.8. The Morgan fingerprint density at radius 1 is 0.590 bits per heavy atom. The van der Waals surface area contributed by atoms with E-state index >= 15 is 0 Å². The van der Waals surface area contributed by atoms with Crippen molar-refractivity contribution in [3.8, 4) is 0 Å².